The summed E-state index contributed by atoms with van der Waals surface area (Å²) in [6.07, 6.45) is 4.08. The van der Waals surface area contributed by atoms with Gasteiger partial charge in [0.05, 0.1) is 32.2 Å². The number of furan rings is 1. The molecule has 0 saturated carbocycles. The first-order valence-corrected chi connectivity index (χ1v) is 8.82. The van der Waals surface area contributed by atoms with Crippen LogP contribution in [0.1, 0.15) is 17.0 Å². The number of nitrogens with one attached hydrogen (secondary N) is 1. The number of rotatable bonds is 8. The fourth-order valence-electron chi connectivity index (χ4n) is 2.70. The molecule has 1 aromatic carbocycles. The maximum Gasteiger partial charge on any atom is 0.318 e. The number of hydrogen-bond acceptors (Lipinski definition) is 4. The first-order valence-electron chi connectivity index (χ1n) is 8.82. The number of methoxy groups -OCH3 is 1. The molecule has 0 aliphatic carbocycles. The third-order valence-electron chi connectivity index (χ3n) is 4.14. The number of nitrogens with zero attached hydrogens (tertiary/aromatic N) is 2. The lowest BCUT2D eigenvalue weighted by Gasteiger charge is -2.22. The molecule has 0 spiro atoms. The Labute approximate surface area is 158 Å². The molecular formula is C21H23N3O3. The molecule has 0 unspecified atom stereocenters. The summed E-state index contributed by atoms with van der Waals surface area (Å²) in [5, 5.41) is 2.98. The molecule has 0 aliphatic heterocycles. The molecule has 0 fully saturated rings. The van der Waals surface area contributed by atoms with Crippen molar-refractivity contribution < 1.29 is 13.9 Å². The molecule has 6 heteroatoms. The Morgan fingerprint density at radius 2 is 1.96 bits per heavy atom. The lowest BCUT2D eigenvalue weighted by atomic mass is 10.1. The molecule has 3 rings (SSSR count). The summed E-state index contributed by atoms with van der Waals surface area (Å²) in [5.74, 6) is 1.55. The van der Waals surface area contributed by atoms with E-state index in [-0.39, 0.29) is 6.03 Å². The maximum atomic E-state index is 12.7. The molecule has 0 bridgehead atoms. The van der Waals surface area contributed by atoms with E-state index in [0.717, 1.165) is 29.2 Å². The van der Waals surface area contributed by atoms with Crippen molar-refractivity contribution in [3.8, 4) is 5.75 Å². The fraction of sp³-hybridized carbons (Fsp3) is 0.238. The van der Waals surface area contributed by atoms with E-state index >= 15 is 0 Å². The molecule has 2 aromatic heterocycles. The minimum atomic E-state index is -0.148. The Kier molecular flexibility index (Phi) is 6.46. The number of urea groups is 1. The van der Waals surface area contributed by atoms with Gasteiger partial charge in [-0.25, -0.2) is 4.79 Å². The Morgan fingerprint density at radius 3 is 2.63 bits per heavy atom. The van der Waals surface area contributed by atoms with Crippen molar-refractivity contribution in [3.63, 3.8) is 0 Å². The van der Waals surface area contributed by atoms with Gasteiger partial charge in [0.2, 0.25) is 0 Å². The van der Waals surface area contributed by atoms with Crippen molar-refractivity contribution in [3.05, 3.63) is 84.1 Å². The number of benzene rings is 1. The Bertz CT molecular complexity index is 818. The highest BCUT2D eigenvalue weighted by Crippen LogP contribution is 2.12. The van der Waals surface area contributed by atoms with Crippen LogP contribution in [0, 0.1) is 0 Å². The van der Waals surface area contributed by atoms with Gasteiger partial charge in [0.25, 0.3) is 0 Å². The van der Waals surface area contributed by atoms with Crippen LogP contribution in [-0.2, 0) is 19.5 Å². The van der Waals surface area contributed by atoms with E-state index in [4.69, 9.17) is 9.15 Å². The average molecular weight is 365 g/mol. The summed E-state index contributed by atoms with van der Waals surface area (Å²) in [6, 6.07) is 17.0. The maximum absolute atomic E-state index is 12.7. The van der Waals surface area contributed by atoms with E-state index in [1.54, 1.807) is 24.5 Å². The SMILES string of the molecule is COc1ccc(CCNC(=O)N(Cc2ccccn2)Cc2ccco2)cc1. The second-order valence-electron chi connectivity index (χ2n) is 6.09. The van der Waals surface area contributed by atoms with Gasteiger partial charge in [-0.05, 0) is 48.4 Å². The molecule has 27 heavy (non-hydrogen) atoms. The molecule has 140 valence electrons. The topological polar surface area (TPSA) is 67.6 Å². The zero-order chi connectivity index (χ0) is 18.9. The summed E-state index contributed by atoms with van der Waals surface area (Å²) < 4.78 is 10.6. The van der Waals surface area contributed by atoms with Crippen LogP contribution in [0.15, 0.2) is 71.5 Å². The highest BCUT2D eigenvalue weighted by atomic mass is 16.5. The minimum Gasteiger partial charge on any atom is -0.497 e. The Morgan fingerprint density at radius 1 is 1.11 bits per heavy atom. The monoisotopic (exact) mass is 365 g/mol. The zero-order valence-corrected chi connectivity index (χ0v) is 15.3. The smallest absolute Gasteiger partial charge is 0.318 e. The van der Waals surface area contributed by atoms with Crippen LogP contribution in [0.25, 0.3) is 0 Å². The summed E-state index contributed by atoms with van der Waals surface area (Å²) in [5.41, 5.74) is 1.97. The van der Waals surface area contributed by atoms with E-state index in [1.165, 1.54) is 0 Å². The van der Waals surface area contributed by atoms with Crippen molar-refractivity contribution >= 4 is 6.03 Å². The molecule has 6 nitrogen and oxygen atoms in total. The normalized spacial score (nSPS) is 10.4. The first-order chi connectivity index (χ1) is 13.2. The number of hydrogen-bond donors (Lipinski definition) is 1. The van der Waals surface area contributed by atoms with E-state index < -0.39 is 0 Å². The van der Waals surface area contributed by atoms with Crippen LogP contribution in [-0.4, -0.2) is 29.6 Å². The van der Waals surface area contributed by atoms with Crippen LogP contribution in [0.5, 0.6) is 5.75 Å². The van der Waals surface area contributed by atoms with Gasteiger partial charge in [0.15, 0.2) is 0 Å². The number of pyridine rings is 1. The van der Waals surface area contributed by atoms with Gasteiger partial charge < -0.3 is 19.4 Å². The van der Waals surface area contributed by atoms with Gasteiger partial charge in [0, 0.05) is 12.7 Å². The second-order valence-corrected chi connectivity index (χ2v) is 6.09. The minimum absolute atomic E-state index is 0.148. The van der Waals surface area contributed by atoms with Crippen LogP contribution < -0.4 is 10.1 Å². The Balaban J connectivity index is 1.57. The highest BCUT2D eigenvalue weighted by Gasteiger charge is 2.16. The van der Waals surface area contributed by atoms with Gasteiger partial charge in [-0.2, -0.15) is 0 Å². The van der Waals surface area contributed by atoms with Crippen LogP contribution in [0.4, 0.5) is 4.79 Å². The van der Waals surface area contributed by atoms with Crippen LogP contribution in [0.3, 0.4) is 0 Å². The quantitative estimate of drug-likeness (QED) is 0.662. The predicted octanol–water partition coefficient (Wildman–Crippen LogP) is 3.64. The van der Waals surface area contributed by atoms with Gasteiger partial charge in [-0.3, -0.25) is 4.98 Å². The molecule has 0 atom stereocenters. The molecule has 2 amide bonds. The average Bonchev–Trinajstić information content (AvgIpc) is 3.22. The number of carbonyl (C=O) groups excluding carboxylic acids is 1. The Hall–Kier alpha value is -3.28. The van der Waals surface area contributed by atoms with E-state index in [0.29, 0.717) is 19.6 Å². The lowest BCUT2D eigenvalue weighted by Crippen LogP contribution is -2.40. The van der Waals surface area contributed by atoms with Gasteiger partial charge in [-0.1, -0.05) is 18.2 Å². The summed E-state index contributed by atoms with van der Waals surface area (Å²) >= 11 is 0. The number of amides is 2. The molecule has 1 N–H and O–H groups in total. The van der Waals surface area contributed by atoms with Crippen LogP contribution >= 0.6 is 0 Å². The van der Waals surface area contributed by atoms with Crippen molar-refractivity contribution in [2.45, 2.75) is 19.5 Å². The number of aromatic nitrogens is 1. The standard InChI is InChI=1S/C21H23N3O3/c1-26-19-9-7-17(8-10-19)11-13-23-21(25)24(16-20-6-4-14-27-20)15-18-5-2-3-12-22-18/h2-10,12,14H,11,13,15-16H2,1H3,(H,23,25). The fourth-order valence-corrected chi connectivity index (χ4v) is 2.70. The summed E-state index contributed by atoms with van der Waals surface area (Å²) in [4.78, 5) is 18.7. The van der Waals surface area contributed by atoms with E-state index in [9.17, 15) is 4.79 Å². The summed E-state index contributed by atoms with van der Waals surface area (Å²) in [6.45, 7) is 1.34. The van der Waals surface area contributed by atoms with Crippen molar-refractivity contribution in [1.29, 1.82) is 0 Å². The van der Waals surface area contributed by atoms with Gasteiger partial charge in [0.1, 0.15) is 11.5 Å². The van der Waals surface area contributed by atoms with Gasteiger partial charge in [-0.15, -0.1) is 0 Å². The second kappa shape index (κ2) is 9.43. The van der Waals surface area contributed by atoms with Crippen LogP contribution in [0.2, 0.25) is 0 Å². The molecule has 3 aromatic rings. The molecular weight excluding hydrogens is 342 g/mol. The number of carbonyl (C=O) groups is 1. The third kappa shape index (κ3) is 5.60. The highest BCUT2D eigenvalue weighted by molar-refractivity contribution is 5.74. The van der Waals surface area contributed by atoms with Crippen molar-refractivity contribution in [2.75, 3.05) is 13.7 Å². The third-order valence-corrected chi connectivity index (χ3v) is 4.14. The van der Waals surface area contributed by atoms with E-state index in [2.05, 4.69) is 10.3 Å². The van der Waals surface area contributed by atoms with Gasteiger partial charge >= 0.3 is 6.03 Å². The summed E-state index contributed by atoms with van der Waals surface area (Å²) in [7, 11) is 1.64. The molecule has 0 saturated heterocycles. The lowest BCUT2D eigenvalue weighted by molar-refractivity contribution is 0.186. The number of ether oxygens (including phenoxy) is 1. The first kappa shape index (κ1) is 18.5. The van der Waals surface area contributed by atoms with E-state index in [1.807, 2.05) is 54.6 Å². The molecule has 0 radical (unpaired) electrons. The predicted molar refractivity (Wildman–Crippen MR) is 102 cm³/mol. The van der Waals surface area contributed by atoms with Crippen molar-refractivity contribution in [2.24, 2.45) is 0 Å². The largest absolute Gasteiger partial charge is 0.497 e. The molecule has 0 aliphatic rings. The van der Waals surface area contributed by atoms with Crippen molar-refractivity contribution in [1.82, 2.24) is 15.2 Å². The zero-order valence-electron chi connectivity index (χ0n) is 15.3. The molecule has 2 heterocycles.